The Morgan fingerprint density at radius 2 is 1.67 bits per heavy atom. The number of halogens is 1. The van der Waals surface area contributed by atoms with E-state index in [1.807, 2.05) is 0 Å². The molecule has 5 heteroatoms. The number of hydrogen-bond acceptors (Lipinski definition) is 4. The number of benzene rings is 1. The Kier molecular flexibility index (Phi) is 8.71. The summed E-state index contributed by atoms with van der Waals surface area (Å²) < 4.78 is 24.0. The molecule has 1 aromatic carbocycles. The second kappa shape index (κ2) is 10.5. The number of aliphatic hydroxyl groups is 2. The lowest BCUT2D eigenvalue weighted by molar-refractivity contribution is 0.217. The van der Waals surface area contributed by atoms with Gasteiger partial charge in [-0.3, -0.25) is 0 Å². The van der Waals surface area contributed by atoms with Gasteiger partial charge in [-0.05, 0) is 30.7 Å². The Hall–Kier alpha value is -2.21. The van der Waals surface area contributed by atoms with Crippen LogP contribution in [0.2, 0.25) is 0 Å². The first kappa shape index (κ1) is 19.8. The number of aliphatic hydroxyl groups excluding tert-OH is 2. The molecule has 0 fully saturated rings. The SMILES string of the molecule is CCCCCC(O)C#CC#CC(O)c1cc(OC)c(OC)cc1F. The van der Waals surface area contributed by atoms with Gasteiger partial charge in [-0.1, -0.05) is 31.6 Å². The normalized spacial score (nSPS) is 12.2. The Morgan fingerprint density at radius 3 is 2.29 bits per heavy atom. The molecule has 0 bridgehead atoms. The molecule has 4 nitrogen and oxygen atoms in total. The van der Waals surface area contributed by atoms with Gasteiger partial charge < -0.3 is 19.7 Å². The standard InChI is InChI=1S/C19H23FO4/c1-4-5-6-9-14(21)10-7-8-11-17(22)15-12-18(23-2)19(24-3)13-16(15)20/h12-14,17,21-22H,4-6,9H2,1-3H3. The van der Waals surface area contributed by atoms with Gasteiger partial charge in [0.05, 0.1) is 14.2 Å². The van der Waals surface area contributed by atoms with Crippen molar-refractivity contribution in [1.82, 2.24) is 0 Å². The smallest absolute Gasteiger partial charge is 0.163 e. The van der Waals surface area contributed by atoms with Crippen LogP contribution in [0.5, 0.6) is 11.5 Å². The first-order valence-corrected chi connectivity index (χ1v) is 7.82. The van der Waals surface area contributed by atoms with Gasteiger partial charge in [0.2, 0.25) is 0 Å². The van der Waals surface area contributed by atoms with E-state index in [0.29, 0.717) is 12.2 Å². The fourth-order valence-corrected chi connectivity index (χ4v) is 2.04. The molecule has 0 aliphatic heterocycles. The second-order valence-electron chi connectivity index (χ2n) is 5.18. The highest BCUT2D eigenvalue weighted by molar-refractivity contribution is 5.46. The lowest BCUT2D eigenvalue weighted by Crippen LogP contribution is -2.02. The summed E-state index contributed by atoms with van der Waals surface area (Å²) in [5.41, 5.74) is -0.0227. The maximum Gasteiger partial charge on any atom is 0.163 e. The molecule has 1 aromatic rings. The molecule has 1 rings (SSSR count). The van der Waals surface area contributed by atoms with Gasteiger partial charge in [0.25, 0.3) is 0 Å². The van der Waals surface area contributed by atoms with Crippen LogP contribution >= 0.6 is 0 Å². The van der Waals surface area contributed by atoms with E-state index >= 15 is 0 Å². The molecule has 0 heterocycles. The van der Waals surface area contributed by atoms with Gasteiger partial charge in [-0.25, -0.2) is 4.39 Å². The van der Waals surface area contributed by atoms with E-state index in [4.69, 9.17) is 9.47 Å². The van der Waals surface area contributed by atoms with Gasteiger partial charge in [0.1, 0.15) is 18.0 Å². The van der Waals surface area contributed by atoms with Crippen molar-refractivity contribution in [1.29, 1.82) is 0 Å². The predicted octanol–water partition coefficient (Wildman–Crippen LogP) is 2.82. The Balaban J connectivity index is 2.78. The zero-order valence-electron chi connectivity index (χ0n) is 14.2. The molecule has 0 amide bonds. The van der Waals surface area contributed by atoms with Crippen LogP contribution in [0.1, 0.15) is 44.3 Å². The molecule has 0 spiro atoms. The van der Waals surface area contributed by atoms with Crippen LogP contribution in [0.3, 0.4) is 0 Å². The van der Waals surface area contributed by atoms with Crippen molar-refractivity contribution in [2.45, 2.75) is 44.8 Å². The van der Waals surface area contributed by atoms with Gasteiger partial charge >= 0.3 is 0 Å². The first-order chi connectivity index (χ1) is 11.5. The van der Waals surface area contributed by atoms with Gasteiger partial charge in [0, 0.05) is 11.6 Å². The quantitative estimate of drug-likeness (QED) is 0.595. The minimum absolute atomic E-state index is 0.0227. The zero-order valence-corrected chi connectivity index (χ0v) is 14.2. The molecule has 0 saturated carbocycles. The molecule has 0 aromatic heterocycles. The molecule has 2 N–H and O–H groups in total. The van der Waals surface area contributed by atoms with Crippen molar-refractivity contribution in [3.05, 3.63) is 23.5 Å². The molecule has 130 valence electrons. The van der Waals surface area contributed by atoms with Crippen molar-refractivity contribution < 1.29 is 24.1 Å². The Bertz CT molecular complexity index is 649. The molecule has 2 atom stereocenters. The zero-order chi connectivity index (χ0) is 17.9. The summed E-state index contributed by atoms with van der Waals surface area (Å²) >= 11 is 0. The average Bonchev–Trinajstić information content (AvgIpc) is 2.58. The molecule has 2 unspecified atom stereocenters. The van der Waals surface area contributed by atoms with E-state index < -0.39 is 18.0 Å². The summed E-state index contributed by atoms with van der Waals surface area (Å²) in [6.07, 6.45) is 1.52. The first-order valence-electron chi connectivity index (χ1n) is 7.82. The number of methoxy groups -OCH3 is 2. The Labute approximate surface area is 142 Å². The molecule has 0 aliphatic carbocycles. The summed E-state index contributed by atoms with van der Waals surface area (Å²) in [5, 5.41) is 19.6. The van der Waals surface area contributed by atoms with Gasteiger partial charge in [-0.15, -0.1) is 0 Å². The van der Waals surface area contributed by atoms with Crippen LogP contribution in [0.4, 0.5) is 4.39 Å². The van der Waals surface area contributed by atoms with Crippen LogP contribution < -0.4 is 9.47 Å². The summed E-state index contributed by atoms with van der Waals surface area (Å²) in [4.78, 5) is 0. The number of hydrogen-bond donors (Lipinski definition) is 2. The van der Waals surface area contributed by atoms with E-state index in [2.05, 4.69) is 30.6 Å². The predicted molar refractivity (Wildman–Crippen MR) is 90.2 cm³/mol. The van der Waals surface area contributed by atoms with E-state index in [1.54, 1.807) is 0 Å². The summed E-state index contributed by atoms with van der Waals surface area (Å²) in [6, 6.07) is 2.46. The van der Waals surface area contributed by atoms with Crippen LogP contribution in [0.15, 0.2) is 12.1 Å². The minimum Gasteiger partial charge on any atom is -0.493 e. The molecule has 24 heavy (non-hydrogen) atoms. The summed E-state index contributed by atoms with van der Waals surface area (Å²) in [7, 11) is 2.82. The summed E-state index contributed by atoms with van der Waals surface area (Å²) in [5.74, 6) is 9.82. The third-order valence-corrected chi connectivity index (χ3v) is 3.39. The van der Waals surface area contributed by atoms with E-state index in [-0.39, 0.29) is 11.3 Å². The second-order valence-corrected chi connectivity index (χ2v) is 5.18. The monoisotopic (exact) mass is 334 g/mol. The van der Waals surface area contributed by atoms with Crippen LogP contribution in [-0.4, -0.2) is 30.5 Å². The third-order valence-electron chi connectivity index (χ3n) is 3.39. The van der Waals surface area contributed by atoms with Crippen LogP contribution in [-0.2, 0) is 0 Å². The molecule has 0 saturated heterocycles. The van der Waals surface area contributed by atoms with Gasteiger partial charge in [-0.2, -0.15) is 0 Å². The highest BCUT2D eigenvalue weighted by Crippen LogP contribution is 2.32. The number of rotatable bonds is 7. The lowest BCUT2D eigenvalue weighted by atomic mass is 10.1. The lowest BCUT2D eigenvalue weighted by Gasteiger charge is -2.11. The molecule has 0 radical (unpaired) electrons. The van der Waals surface area contributed by atoms with E-state index in [9.17, 15) is 14.6 Å². The van der Waals surface area contributed by atoms with Crippen LogP contribution in [0, 0.1) is 29.5 Å². The number of ether oxygens (including phenoxy) is 2. The number of unbranched alkanes of at least 4 members (excludes halogenated alkanes) is 2. The minimum atomic E-state index is -1.35. The van der Waals surface area contributed by atoms with Gasteiger partial charge in [0.15, 0.2) is 11.5 Å². The fourth-order valence-electron chi connectivity index (χ4n) is 2.04. The van der Waals surface area contributed by atoms with Crippen LogP contribution in [0.25, 0.3) is 0 Å². The molecular weight excluding hydrogens is 311 g/mol. The average molecular weight is 334 g/mol. The molecular formula is C19H23FO4. The fraction of sp³-hybridized carbons (Fsp3) is 0.474. The van der Waals surface area contributed by atoms with Crippen molar-refractivity contribution in [3.63, 3.8) is 0 Å². The summed E-state index contributed by atoms with van der Waals surface area (Å²) in [6.45, 7) is 2.08. The molecule has 0 aliphatic rings. The maximum absolute atomic E-state index is 14.0. The highest BCUT2D eigenvalue weighted by Gasteiger charge is 2.15. The van der Waals surface area contributed by atoms with Crippen molar-refractivity contribution in [2.24, 2.45) is 0 Å². The highest BCUT2D eigenvalue weighted by atomic mass is 19.1. The topological polar surface area (TPSA) is 58.9 Å². The van der Waals surface area contributed by atoms with Crippen molar-refractivity contribution >= 4 is 0 Å². The Morgan fingerprint density at radius 1 is 1.04 bits per heavy atom. The third kappa shape index (κ3) is 6.12. The van der Waals surface area contributed by atoms with E-state index in [1.165, 1.54) is 20.3 Å². The van der Waals surface area contributed by atoms with E-state index in [0.717, 1.165) is 25.3 Å². The van der Waals surface area contributed by atoms with Crippen molar-refractivity contribution in [2.75, 3.05) is 14.2 Å². The van der Waals surface area contributed by atoms with Crippen molar-refractivity contribution in [3.8, 4) is 35.2 Å². The largest absolute Gasteiger partial charge is 0.493 e. The maximum atomic E-state index is 14.0.